The van der Waals surface area contributed by atoms with Gasteiger partial charge in [-0.15, -0.1) is 0 Å². The fourth-order valence-corrected chi connectivity index (χ4v) is 4.83. The number of hydrogen-bond acceptors (Lipinski definition) is 6. The largest absolute Gasteiger partial charge is 0.398 e. The third-order valence-corrected chi connectivity index (χ3v) is 6.57. The number of nitrogens with two attached hydrogens (primary N) is 2. The fourth-order valence-electron chi connectivity index (χ4n) is 3.64. The van der Waals surface area contributed by atoms with Crippen molar-refractivity contribution in [3.63, 3.8) is 0 Å². The molecule has 1 fully saturated rings. The highest BCUT2D eigenvalue weighted by atomic mass is 32.2. The lowest BCUT2D eigenvalue weighted by Gasteiger charge is -2.12. The van der Waals surface area contributed by atoms with Gasteiger partial charge in [-0.2, -0.15) is 11.8 Å². The summed E-state index contributed by atoms with van der Waals surface area (Å²) in [7, 11) is 0. The number of benzene rings is 2. The van der Waals surface area contributed by atoms with Gasteiger partial charge in [0.2, 0.25) is 0 Å². The second kappa shape index (κ2) is 9.81. The summed E-state index contributed by atoms with van der Waals surface area (Å²) >= 11 is 2.00. The van der Waals surface area contributed by atoms with Crippen LogP contribution in [0, 0.1) is 5.41 Å². The molecule has 4 rings (SSSR count). The summed E-state index contributed by atoms with van der Waals surface area (Å²) in [6.07, 6.45) is 6.60. The van der Waals surface area contributed by atoms with Crippen LogP contribution in [0.15, 0.2) is 72.7 Å². The van der Waals surface area contributed by atoms with Gasteiger partial charge < -0.3 is 16.8 Å². The highest BCUT2D eigenvalue weighted by molar-refractivity contribution is 7.99. The number of rotatable bonds is 7. The lowest BCUT2D eigenvalue weighted by Crippen LogP contribution is -2.27. The highest BCUT2D eigenvalue weighted by Gasteiger charge is 2.14. The summed E-state index contributed by atoms with van der Waals surface area (Å²) in [4.78, 5) is 4.17. The van der Waals surface area contributed by atoms with Gasteiger partial charge in [-0.05, 0) is 53.1 Å². The predicted molar refractivity (Wildman–Crippen MR) is 132 cm³/mol. The molecule has 0 bridgehead atoms. The van der Waals surface area contributed by atoms with Crippen LogP contribution in [0.4, 0.5) is 5.69 Å². The number of hydrogen-bond donors (Lipinski definition) is 4. The van der Waals surface area contributed by atoms with E-state index in [1.165, 1.54) is 23.5 Å². The number of pyridine rings is 1. The first-order valence-corrected chi connectivity index (χ1v) is 11.5. The van der Waals surface area contributed by atoms with Gasteiger partial charge in [0.25, 0.3) is 0 Å². The molecule has 0 amide bonds. The molecule has 5 nitrogen and oxygen atoms in total. The lowest BCUT2D eigenvalue weighted by atomic mass is 9.98. The molecule has 6 N–H and O–H groups in total. The van der Waals surface area contributed by atoms with Gasteiger partial charge in [0, 0.05) is 47.5 Å². The van der Waals surface area contributed by atoms with Gasteiger partial charge in [-0.1, -0.05) is 36.4 Å². The van der Waals surface area contributed by atoms with Crippen molar-refractivity contribution in [2.45, 2.75) is 19.0 Å². The molecule has 1 atom stereocenters. The van der Waals surface area contributed by atoms with Crippen LogP contribution in [-0.4, -0.2) is 28.2 Å². The smallest absolute Gasteiger partial charge is 0.0862 e. The number of nitrogens with one attached hydrogen (secondary N) is 2. The average molecular weight is 430 g/mol. The molecule has 0 radical (unpaired) electrons. The Balaban J connectivity index is 1.52. The number of allylic oxidation sites excluding steroid dienone is 1. The number of nitrogens with zero attached hydrogens (tertiary/aromatic N) is 1. The van der Waals surface area contributed by atoms with Crippen LogP contribution >= 0.6 is 11.8 Å². The summed E-state index contributed by atoms with van der Waals surface area (Å²) < 4.78 is 0. The van der Waals surface area contributed by atoms with Crippen molar-refractivity contribution in [3.8, 4) is 11.1 Å². The van der Waals surface area contributed by atoms with Gasteiger partial charge in [0.15, 0.2) is 0 Å². The van der Waals surface area contributed by atoms with Crippen LogP contribution in [0.5, 0.6) is 0 Å². The van der Waals surface area contributed by atoms with E-state index < -0.39 is 0 Å². The second-order valence-corrected chi connectivity index (χ2v) is 8.85. The first-order valence-electron chi connectivity index (χ1n) is 10.4. The van der Waals surface area contributed by atoms with E-state index in [4.69, 9.17) is 16.9 Å². The third-order valence-electron chi connectivity index (χ3n) is 5.40. The van der Waals surface area contributed by atoms with Crippen LogP contribution in [0.3, 0.4) is 0 Å². The van der Waals surface area contributed by atoms with E-state index in [2.05, 4.69) is 22.4 Å². The minimum atomic E-state index is 0.217. The Hall–Kier alpha value is -3.09. The van der Waals surface area contributed by atoms with E-state index in [0.29, 0.717) is 23.0 Å². The molecule has 1 aliphatic heterocycles. The minimum Gasteiger partial charge on any atom is -0.398 e. The lowest BCUT2D eigenvalue weighted by molar-refractivity contribution is 0.558. The number of anilines is 1. The predicted octanol–water partition coefficient (Wildman–Crippen LogP) is 4.29. The molecule has 1 saturated heterocycles. The maximum absolute atomic E-state index is 8.63. The number of aromatic nitrogens is 1. The van der Waals surface area contributed by atoms with Gasteiger partial charge in [-0.25, -0.2) is 0 Å². The quantitative estimate of drug-likeness (QED) is 0.331. The summed E-state index contributed by atoms with van der Waals surface area (Å²) in [5, 5.41) is 12.2. The molecule has 0 aliphatic carbocycles. The monoisotopic (exact) mass is 429 g/mol. The Kier molecular flexibility index (Phi) is 6.70. The summed E-state index contributed by atoms with van der Waals surface area (Å²) in [5.74, 6) is 2.42. The van der Waals surface area contributed by atoms with E-state index in [-0.39, 0.29) is 5.71 Å². The number of thioether (sulfide) groups is 1. The Labute approximate surface area is 187 Å². The van der Waals surface area contributed by atoms with E-state index in [9.17, 15) is 0 Å². The van der Waals surface area contributed by atoms with Crippen molar-refractivity contribution in [2.75, 3.05) is 17.2 Å². The molecule has 3 aromatic rings. The molecule has 1 aliphatic rings. The van der Waals surface area contributed by atoms with E-state index in [1.807, 2.05) is 60.3 Å². The zero-order chi connectivity index (χ0) is 21.6. The molecular weight excluding hydrogens is 402 g/mol. The van der Waals surface area contributed by atoms with Crippen molar-refractivity contribution in [1.82, 2.24) is 10.3 Å². The molecule has 0 spiro atoms. The molecule has 2 aromatic carbocycles. The van der Waals surface area contributed by atoms with Crippen LogP contribution in [-0.2, 0) is 6.54 Å². The zero-order valence-electron chi connectivity index (χ0n) is 17.3. The van der Waals surface area contributed by atoms with Crippen molar-refractivity contribution in [2.24, 2.45) is 5.73 Å². The second-order valence-electron chi connectivity index (χ2n) is 7.70. The van der Waals surface area contributed by atoms with Gasteiger partial charge in [-0.3, -0.25) is 10.4 Å². The number of nitrogen functional groups attached to an aromatic ring is 1. The summed E-state index contributed by atoms with van der Waals surface area (Å²) in [5.41, 5.74) is 18.3. The highest BCUT2D eigenvalue weighted by Crippen LogP contribution is 2.25. The molecule has 6 heteroatoms. The van der Waals surface area contributed by atoms with Crippen LogP contribution < -0.4 is 16.8 Å². The molecule has 1 aromatic heterocycles. The molecule has 31 heavy (non-hydrogen) atoms. The Morgan fingerprint density at radius 2 is 2.06 bits per heavy atom. The average Bonchev–Trinajstić information content (AvgIpc) is 3.32. The molecule has 158 valence electrons. The molecule has 1 unspecified atom stereocenters. The normalized spacial score (nSPS) is 16.4. The zero-order valence-corrected chi connectivity index (χ0v) is 18.2. The standard InChI is InChI=1S/C25H27N5S/c26-23-7-6-19(20-5-2-9-29-15-20)13-22(23)25(28)24(27)12-17-3-1-4-18(11-17)14-30-21-8-10-31-16-21/h1-7,9,11-13,15,21,28,30H,8,10,14,16,26-27H2/b24-12-,28-25?. The van der Waals surface area contributed by atoms with Gasteiger partial charge in [0.1, 0.15) is 0 Å². The van der Waals surface area contributed by atoms with Crippen molar-refractivity contribution in [1.29, 1.82) is 5.41 Å². The van der Waals surface area contributed by atoms with E-state index in [0.717, 1.165) is 23.2 Å². The van der Waals surface area contributed by atoms with E-state index in [1.54, 1.807) is 12.4 Å². The molecular formula is C25H27N5S. The Bertz CT molecular complexity index is 1090. The van der Waals surface area contributed by atoms with Crippen molar-refractivity contribution < 1.29 is 0 Å². The Morgan fingerprint density at radius 1 is 1.16 bits per heavy atom. The maximum atomic E-state index is 8.63. The van der Waals surface area contributed by atoms with Gasteiger partial charge in [0.05, 0.1) is 11.4 Å². The van der Waals surface area contributed by atoms with Gasteiger partial charge >= 0.3 is 0 Å². The molecule has 0 saturated carbocycles. The van der Waals surface area contributed by atoms with Crippen LogP contribution in [0.25, 0.3) is 17.2 Å². The Morgan fingerprint density at radius 3 is 2.84 bits per heavy atom. The van der Waals surface area contributed by atoms with E-state index >= 15 is 0 Å². The molecule has 2 heterocycles. The minimum absolute atomic E-state index is 0.217. The third kappa shape index (κ3) is 5.34. The first kappa shape index (κ1) is 21.2. The fraction of sp³-hybridized carbons (Fsp3) is 0.200. The summed E-state index contributed by atoms with van der Waals surface area (Å²) in [6, 6.07) is 18.4. The topological polar surface area (TPSA) is 101 Å². The van der Waals surface area contributed by atoms with Crippen molar-refractivity contribution in [3.05, 3.63) is 89.4 Å². The van der Waals surface area contributed by atoms with Crippen molar-refractivity contribution >= 4 is 29.2 Å². The SMILES string of the molecule is N=C(/C(N)=C/c1cccc(CNC2CCSC2)c1)c1cc(-c2cccnc2)ccc1N. The first-order chi connectivity index (χ1) is 15.1. The van der Waals surface area contributed by atoms with Crippen LogP contribution in [0.1, 0.15) is 23.1 Å². The van der Waals surface area contributed by atoms with Crippen LogP contribution in [0.2, 0.25) is 0 Å². The summed E-state index contributed by atoms with van der Waals surface area (Å²) in [6.45, 7) is 0.838. The maximum Gasteiger partial charge on any atom is 0.0862 e.